The number of pyridine rings is 1. The maximum Gasteiger partial charge on any atom is 0.371 e. The van der Waals surface area contributed by atoms with Crippen LogP contribution >= 0.6 is 15.9 Å². The number of carboxylic acids is 1. The van der Waals surface area contributed by atoms with Crippen molar-refractivity contribution in [2.24, 2.45) is 0 Å². The Morgan fingerprint density at radius 3 is 2.71 bits per heavy atom. The largest absolute Gasteiger partial charge is 0.475 e. The molecular weight excluding hydrogens is 364 g/mol. The molecule has 0 radical (unpaired) electrons. The standard InChI is InChI=1S/C12H11BrN2O5S/c1-7(8-4-2-3-5-14-8)15-21(18,19)10-6-9(12(16)17)20-11(10)13/h2-7,15H,1H3,(H,16,17)/t7-/m1/s1. The van der Waals surface area contributed by atoms with Crippen molar-refractivity contribution in [2.45, 2.75) is 17.9 Å². The van der Waals surface area contributed by atoms with Gasteiger partial charge in [-0.25, -0.2) is 17.9 Å². The molecule has 21 heavy (non-hydrogen) atoms. The summed E-state index contributed by atoms with van der Waals surface area (Å²) in [5.41, 5.74) is 0.541. The Hall–Kier alpha value is -1.71. The van der Waals surface area contributed by atoms with Crippen molar-refractivity contribution in [3.8, 4) is 0 Å². The SMILES string of the molecule is C[C@@H](NS(=O)(=O)c1cc(C(=O)O)oc1Br)c1ccccn1. The molecule has 2 aromatic heterocycles. The molecule has 0 amide bonds. The van der Waals surface area contributed by atoms with Gasteiger partial charge in [0.1, 0.15) is 4.90 Å². The third-order valence-electron chi connectivity index (χ3n) is 2.62. The van der Waals surface area contributed by atoms with Gasteiger partial charge in [-0.1, -0.05) is 6.07 Å². The zero-order valence-corrected chi connectivity index (χ0v) is 13.2. The number of hydrogen-bond donors (Lipinski definition) is 2. The normalized spacial score (nSPS) is 13.0. The minimum Gasteiger partial charge on any atom is -0.475 e. The van der Waals surface area contributed by atoms with E-state index < -0.39 is 27.8 Å². The topological polar surface area (TPSA) is 110 Å². The summed E-state index contributed by atoms with van der Waals surface area (Å²) in [6.07, 6.45) is 1.55. The van der Waals surface area contributed by atoms with Crippen LogP contribution in [0.15, 0.2) is 44.4 Å². The summed E-state index contributed by atoms with van der Waals surface area (Å²) in [7, 11) is -3.94. The van der Waals surface area contributed by atoms with Gasteiger partial charge in [0.2, 0.25) is 15.8 Å². The molecule has 0 bridgehead atoms. The Bertz CT molecular complexity index is 757. The highest BCUT2D eigenvalue weighted by Crippen LogP contribution is 2.27. The fraction of sp³-hybridized carbons (Fsp3) is 0.167. The zero-order chi connectivity index (χ0) is 15.6. The molecule has 0 aromatic carbocycles. The van der Waals surface area contributed by atoms with Crippen LogP contribution < -0.4 is 4.72 Å². The highest BCUT2D eigenvalue weighted by Gasteiger charge is 2.26. The molecule has 0 saturated carbocycles. The number of nitrogens with zero attached hydrogens (tertiary/aromatic N) is 1. The van der Waals surface area contributed by atoms with Crippen LogP contribution in [-0.4, -0.2) is 24.5 Å². The second kappa shape index (κ2) is 5.96. The third-order valence-corrected chi connectivity index (χ3v) is 5.02. The Kier molecular flexibility index (Phi) is 4.45. The summed E-state index contributed by atoms with van der Waals surface area (Å²) < 4.78 is 31.6. The Labute approximate surface area is 129 Å². The lowest BCUT2D eigenvalue weighted by Crippen LogP contribution is -2.27. The van der Waals surface area contributed by atoms with Gasteiger partial charge in [0.25, 0.3) is 0 Å². The molecule has 7 nitrogen and oxygen atoms in total. The predicted molar refractivity (Wildman–Crippen MR) is 76.3 cm³/mol. The molecule has 2 rings (SSSR count). The molecular formula is C12H11BrN2O5S. The van der Waals surface area contributed by atoms with Gasteiger partial charge in [-0.15, -0.1) is 0 Å². The number of furan rings is 1. The first-order valence-electron chi connectivity index (χ1n) is 5.77. The fourth-order valence-electron chi connectivity index (χ4n) is 1.63. The van der Waals surface area contributed by atoms with E-state index in [1.54, 1.807) is 31.3 Å². The first-order valence-corrected chi connectivity index (χ1v) is 8.05. The van der Waals surface area contributed by atoms with Crippen molar-refractivity contribution in [2.75, 3.05) is 0 Å². The van der Waals surface area contributed by atoms with E-state index in [4.69, 9.17) is 9.52 Å². The van der Waals surface area contributed by atoms with Crippen LogP contribution in [0.25, 0.3) is 0 Å². The van der Waals surface area contributed by atoms with Crippen molar-refractivity contribution in [1.29, 1.82) is 0 Å². The monoisotopic (exact) mass is 374 g/mol. The molecule has 2 N–H and O–H groups in total. The number of sulfonamides is 1. The van der Waals surface area contributed by atoms with Crippen LogP contribution in [0.5, 0.6) is 0 Å². The zero-order valence-electron chi connectivity index (χ0n) is 10.8. The first kappa shape index (κ1) is 15.7. The van der Waals surface area contributed by atoms with Gasteiger partial charge in [-0.05, 0) is 35.0 Å². The molecule has 0 aliphatic rings. The summed E-state index contributed by atoms with van der Waals surface area (Å²) in [5.74, 6) is -1.82. The lowest BCUT2D eigenvalue weighted by molar-refractivity contribution is 0.0661. The number of carbonyl (C=O) groups is 1. The number of rotatable bonds is 5. The second-order valence-corrected chi connectivity index (χ2v) is 6.55. The van der Waals surface area contributed by atoms with Crippen LogP contribution in [0.4, 0.5) is 0 Å². The van der Waals surface area contributed by atoms with Crippen LogP contribution in [0.2, 0.25) is 0 Å². The van der Waals surface area contributed by atoms with Crippen LogP contribution in [-0.2, 0) is 10.0 Å². The average Bonchev–Trinajstić information content (AvgIpc) is 2.82. The molecule has 0 aliphatic heterocycles. The Balaban J connectivity index is 2.29. The summed E-state index contributed by atoms with van der Waals surface area (Å²) in [6.45, 7) is 1.63. The Morgan fingerprint density at radius 1 is 1.48 bits per heavy atom. The molecule has 0 fully saturated rings. The minimum atomic E-state index is -3.94. The number of aromatic carboxylic acids is 1. The van der Waals surface area contributed by atoms with E-state index in [9.17, 15) is 13.2 Å². The maximum absolute atomic E-state index is 12.3. The van der Waals surface area contributed by atoms with Crippen molar-refractivity contribution in [1.82, 2.24) is 9.71 Å². The molecule has 1 atom stereocenters. The summed E-state index contributed by atoms with van der Waals surface area (Å²) in [4.78, 5) is 14.6. The van der Waals surface area contributed by atoms with Crippen molar-refractivity contribution >= 4 is 31.9 Å². The number of hydrogen-bond acceptors (Lipinski definition) is 5. The van der Waals surface area contributed by atoms with Gasteiger partial charge < -0.3 is 9.52 Å². The predicted octanol–water partition coefficient (Wildman–Crippen LogP) is 2.17. The van der Waals surface area contributed by atoms with E-state index in [1.807, 2.05) is 0 Å². The third kappa shape index (κ3) is 3.49. The highest BCUT2D eigenvalue weighted by atomic mass is 79.9. The van der Waals surface area contributed by atoms with E-state index in [2.05, 4.69) is 25.6 Å². The average molecular weight is 375 g/mol. The molecule has 112 valence electrons. The number of aromatic nitrogens is 1. The summed E-state index contributed by atoms with van der Waals surface area (Å²) in [5, 5.41) is 8.81. The number of nitrogens with one attached hydrogen (secondary N) is 1. The van der Waals surface area contributed by atoms with Gasteiger partial charge >= 0.3 is 5.97 Å². The van der Waals surface area contributed by atoms with Crippen LogP contribution in [0.3, 0.4) is 0 Å². The van der Waals surface area contributed by atoms with Crippen LogP contribution in [0.1, 0.15) is 29.2 Å². The smallest absolute Gasteiger partial charge is 0.371 e. The Morgan fingerprint density at radius 2 is 2.19 bits per heavy atom. The van der Waals surface area contributed by atoms with Gasteiger partial charge in [0.05, 0.1) is 11.7 Å². The summed E-state index contributed by atoms with van der Waals surface area (Å²) >= 11 is 2.90. The number of carboxylic acid groups (broad SMARTS) is 1. The molecule has 2 heterocycles. The molecule has 0 unspecified atom stereocenters. The lowest BCUT2D eigenvalue weighted by Gasteiger charge is -2.12. The lowest BCUT2D eigenvalue weighted by atomic mass is 10.2. The van der Waals surface area contributed by atoms with E-state index in [0.717, 1.165) is 6.07 Å². The van der Waals surface area contributed by atoms with Gasteiger partial charge in [0, 0.05) is 12.3 Å². The summed E-state index contributed by atoms with van der Waals surface area (Å²) in [6, 6.07) is 5.51. The van der Waals surface area contributed by atoms with E-state index in [1.165, 1.54) is 0 Å². The van der Waals surface area contributed by atoms with E-state index >= 15 is 0 Å². The molecule has 0 spiro atoms. The quantitative estimate of drug-likeness (QED) is 0.829. The van der Waals surface area contributed by atoms with Gasteiger partial charge in [-0.3, -0.25) is 4.98 Å². The van der Waals surface area contributed by atoms with Crippen molar-refractivity contribution in [3.05, 3.63) is 46.6 Å². The fourth-order valence-corrected chi connectivity index (χ4v) is 3.79. The van der Waals surface area contributed by atoms with E-state index in [-0.39, 0.29) is 9.56 Å². The van der Waals surface area contributed by atoms with Crippen molar-refractivity contribution < 1.29 is 22.7 Å². The van der Waals surface area contributed by atoms with Gasteiger partial charge in [-0.2, -0.15) is 0 Å². The molecule has 0 saturated heterocycles. The highest BCUT2D eigenvalue weighted by molar-refractivity contribution is 9.10. The van der Waals surface area contributed by atoms with Crippen LogP contribution in [0, 0.1) is 0 Å². The molecule has 0 aliphatic carbocycles. The number of halogens is 1. The van der Waals surface area contributed by atoms with Gasteiger partial charge in [0.15, 0.2) is 4.67 Å². The molecule has 2 aromatic rings. The first-order chi connectivity index (χ1) is 9.81. The minimum absolute atomic E-state index is 0.166. The molecule has 9 heteroatoms. The maximum atomic E-state index is 12.3. The van der Waals surface area contributed by atoms with E-state index in [0.29, 0.717) is 5.69 Å². The second-order valence-electron chi connectivity index (χ2n) is 4.15. The van der Waals surface area contributed by atoms with Crippen molar-refractivity contribution in [3.63, 3.8) is 0 Å².